The van der Waals surface area contributed by atoms with Gasteiger partial charge in [0.25, 0.3) is 0 Å². The van der Waals surface area contributed by atoms with Crippen molar-refractivity contribution in [2.75, 3.05) is 44.8 Å². The third kappa shape index (κ3) is 7.61. The third-order valence-electron chi connectivity index (χ3n) is 3.94. The van der Waals surface area contributed by atoms with Crippen molar-refractivity contribution < 1.29 is 4.74 Å². The lowest BCUT2D eigenvalue weighted by Crippen LogP contribution is -2.40. The highest BCUT2D eigenvalue weighted by molar-refractivity contribution is 14.0. The summed E-state index contributed by atoms with van der Waals surface area (Å²) in [6, 6.07) is 10.4. The SMILES string of the molecule is CCNC(=NCCSC)N1CCC(COCc2ccccc2)C1.I. The van der Waals surface area contributed by atoms with E-state index in [0.717, 1.165) is 44.5 Å². The number of hydrogen-bond donors (Lipinski definition) is 1. The fourth-order valence-corrected chi connectivity index (χ4v) is 3.02. The topological polar surface area (TPSA) is 36.9 Å². The van der Waals surface area contributed by atoms with Crippen molar-refractivity contribution in [2.45, 2.75) is 20.0 Å². The van der Waals surface area contributed by atoms with Crippen LogP contribution in [-0.2, 0) is 11.3 Å². The lowest BCUT2D eigenvalue weighted by molar-refractivity contribution is 0.0907. The minimum Gasteiger partial charge on any atom is -0.376 e. The molecule has 1 unspecified atom stereocenters. The molecule has 0 aliphatic carbocycles. The quantitative estimate of drug-likeness (QED) is 0.277. The number of thioether (sulfide) groups is 1. The molecule has 0 spiro atoms. The number of halogens is 1. The van der Waals surface area contributed by atoms with Gasteiger partial charge in [0, 0.05) is 31.3 Å². The Morgan fingerprint density at radius 1 is 1.38 bits per heavy atom. The Hall–Kier alpha value is -0.470. The molecule has 0 saturated carbocycles. The molecule has 24 heavy (non-hydrogen) atoms. The van der Waals surface area contributed by atoms with Crippen molar-refractivity contribution in [2.24, 2.45) is 10.9 Å². The van der Waals surface area contributed by atoms with E-state index in [4.69, 9.17) is 9.73 Å². The van der Waals surface area contributed by atoms with Crippen LogP contribution in [0.1, 0.15) is 18.9 Å². The van der Waals surface area contributed by atoms with E-state index < -0.39 is 0 Å². The van der Waals surface area contributed by atoms with Crippen molar-refractivity contribution in [3.05, 3.63) is 35.9 Å². The number of nitrogens with zero attached hydrogens (tertiary/aromatic N) is 2. The van der Waals surface area contributed by atoms with Gasteiger partial charge in [-0.15, -0.1) is 24.0 Å². The number of hydrogen-bond acceptors (Lipinski definition) is 3. The monoisotopic (exact) mass is 463 g/mol. The summed E-state index contributed by atoms with van der Waals surface area (Å²) in [6.45, 7) is 7.58. The molecule has 1 saturated heterocycles. The predicted octanol–water partition coefficient (Wildman–Crippen LogP) is 3.47. The summed E-state index contributed by atoms with van der Waals surface area (Å²) in [5, 5.41) is 3.41. The predicted molar refractivity (Wildman–Crippen MR) is 116 cm³/mol. The fraction of sp³-hybridized carbons (Fsp3) is 0.611. The van der Waals surface area contributed by atoms with Crippen molar-refractivity contribution in [3.8, 4) is 0 Å². The molecule has 1 aliphatic heterocycles. The van der Waals surface area contributed by atoms with Crippen LogP contribution >= 0.6 is 35.7 Å². The van der Waals surface area contributed by atoms with Gasteiger partial charge in [-0.1, -0.05) is 30.3 Å². The summed E-state index contributed by atoms with van der Waals surface area (Å²) in [5.74, 6) is 2.74. The molecule has 0 bridgehead atoms. The Labute approximate surface area is 167 Å². The second kappa shape index (κ2) is 12.8. The molecule has 6 heteroatoms. The van der Waals surface area contributed by atoms with Crippen LogP contribution in [0.4, 0.5) is 0 Å². The van der Waals surface area contributed by atoms with Gasteiger partial charge >= 0.3 is 0 Å². The molecular formula is C18H30IN3OS. The van der Waals surface area contributed by atoms with Crippen molar-refractivity contribution in [1.29, 1.82) is 0 Å². The Morgan fingerprint density at radius 2 is 2.17 bits per heavy atom. The first-order valence-corrected chi connectivity index (χ1v) is 9.86. The first-order chi connectivity index (χ1) is 11.3. The van der Waals surface area contributed by atoms with E-state index in [0.29, 0.717) is 12.5 Å². The third-order valence-corrected chi connectivity index (χ3v) is 4.53. The summed E-state index contributed by atoms with van der Waals surface area (Å²) in [4.78, 5) is 7.09. The standard InChI is InChI=1S/C18H29N3OS.HI/c1-3-19-18(20-10-12-23-2)21-11-9-17(13-21)15-22-14-16-7-5-4-6-8-16;/h4-8,17H,3,9-15H2,1-2H3,(H,19,20);1H. The number of guanidine groups is 1. The van der Waals surface area contributed by atoms with Gasteiger partial charge in [0.1, 0.15) is 0 Å². The van der Waals surface area contributed by atoms with E-state index in [1.54, 1.807) is 0 Å². The Bertz CT molecular complexity index is 473. The number of nitrogens with one attached hydrogen (secondary N) is 1. The fourth-order valence-electron chi connectivity index (χ4n) is 2.75. The highest BCUT2D eigenvalue weighted by Gasteiger charge is 2.24. The second-order valence-electron chi connectivity index (χ2n) is 5.83. The summed E-state index contributed by atoms with van der Waals surface area (Å²) >= 11 is 1.84. The van der Waals surface area contributed by atoms with Crippen LogP contribution in [-0.4, -0.2) is 55.7 Å². The lowest BCUT2D eigenvalue weighted by Gasteiger charge is -2.21. The first-order valence-electron chi connectivity index (χ1n) is 8.47. The maximum Gasteiger partial charge on any atom is 0.193 e. The zero-order chi connectivity index (χ0) is 16.3. The second-order valence-corrected chi connectivity index (χ2v) is 6.82. The van der Waals surface area contributed by atoms with Crippen LogP contribution in [0.3, 0.4) is 0 Å². The minimum atomic E-state index is 0. The van der Waals surface area contributed by atoms with Crippen molar-refractivity contribution in [1.82, 2.24) is 10.2 Å². The first kappa shape index (κ1) is 21.6. The van der Waals surface area contributed by atoms with Gasteiger partial charge < -0.3 is 15.0 Å². The number of aliphatic imine (C=N–C) groups is 1. The normalized spacial score (nSPS) is 17.7. The molecule has 1 aliphatic rings. The largest absolute Gasteiger partial charge is 0.376 e. The van der Waals surface area contributed by atoms with Gasteiger partial charge in [0.15, 0.2) is 5.96 Å². The van der Waals surface area contributed by atoms with E-state index in [2.05, 4.69) is 47.7 Å². The molecule has 0 radical (unpaired) electrons. The van der Waals surface area contributed by atoms with Crippen molar-refractivity contribution in [3.63, 3.8) is 0 Å². The molecule has 136 valence electrons. The number of benzene rings is 1. The van der Waals surface area contributed by atoms with Gasteiger partial charge in [-0.3, -0.25) is 4.99 Å². The smallest absolute Gasteiger partial charge is 0.193 e. The van der Waals surface area contributed by atoms with Gasteiger partial charge in [-0.05, 0) is 25.2 Å². The van der Waals surface area contributed by atoms with Gasteiger partial charge in [-0.2, -0.15) is 11.8 Å². The zero-order valence-electron chi connectivity index (χ0n) is 14.7. The minimum absolute atomic E-state index is 0. The molecule has 1 aromatic rings. The van der Waals surface area contributed by atoms with E-state index in [-0.39, 0.29) is 24.0 Å². The van der Waals surface area contributed by atoms with Crippen LogP contribution in [0.2, 0.25) is 0 Å². The van der Waals surface area contributed by atoms with Gasteiger partial charge in [0.2, 0.25) is 0 Å². The zero-order valence-corrected chi connectivity index (χ0v) is 17.9. The van der Waals surface area contributed by atoms with Gasteiger partial charge in [0.05, 0.1) is 19.8 Å². The molecule has 1 fully saturated rings. The molecule has 0 aromatic heterocycles. The number of ether oxygens (including phenoxy) is 1. The average Bonchev–Trinajstić information content (AvgIpc) is 3.04. The molecule has 1 N–H and O–H groups in total. The van der Waals surface area contributed by atoms with E-state index in [1.807, 2.05) is 17.8 Å². The highest BCUT2D eigenvalue weighted by Crippen LogP contribution is 2.17. The van der Waals surface area contributed by atoms with Crippen LogP contribution in [0.15, 0.2) is 35.3 Å². The molecule has 1 atom stereocenters. The molecule has 1 aromatic carbocycles. The summed E-state index contributed by atoms with van der Waals surface area (Å²) in [7, 11) is 0. The van der Waals surface area contributed by atoms with Crippen LogP contribution in [0.25, 0.3) is 0 Å². The maximum absolute atomic E-state index is 5.90. The Balaban J connectivity index is 0.00000288. The molecule has 2 rings (SSSR count). The maximum atomic E-state index is 5.90. The van der Waals surface area contributed by atoms with Crippen LogP contribution in [0.5, 0.6) is 0 Å². The lowest BCUT2D eigenvalue weighted by atomic mass is 10.1. The van der Waals surface area contributed by atoms with E-state index in [9.17, 15) is 0 Å². The van der Waals surface area contributed by atoms with Crippen LogP contribution in [0, 0.1) is 5.92 Å². The average molecular weight is 463 g/mol. The Morgan fingerprint density at radius 3 is 2.88 bits per heavy atom. The summed E-state index contributed by atoms with van der Waals surface area (Å²) < 4.78 is 5.90. The summed E-state index contributed by atoms with van der Waals surface area (Å²) in [5.41, 5.74) is 1.24. The van der Waals surface area contributed by atoms with Crippen LogP contribution < -0.4 is 5.32 Å². The molecule has 1 heterocycles. The number of likely N-dealkylation sites (tertiary alicyclic amines) is 1. The number of rotatable bonds is 8. The molecular weight excluding hydrogens is 433 g/mol. The highest BCUT2D eigenvalue weighted by atomic mass is 127. The van der Waals surface area contributed by atoms with E-state index >= 15 is 0 Å². The molecule has 0 amide bonds. The van der Waals surface area contributed by atoms with Gasteiger partial charge in [-0.25, -0.2) is 0 Å². The van der Waals surface area contributed by atoms with Crippen molar-refractivity contribution >= 4 is 41.7 Å². The van der Waals surface area contributed by atoms with E-state index in [1.165, 1.54) is 12.0 Å². The molecule has 4 nitrogen and oxygen atoms in total. The Kier molecular flexibility index (Phi) is 11.5. The summed E-state index contributed by atoms with van der Waals surface area (Å²) in [6.07, 6.45) is 3.31.